The summed E-state index contributed by atoms with van der Waals surface area (Å²) in [5.41, 5.74) is 0. The van der Waals surface area contributed by atoms with E-state index >= 15 is 0 Å². The lowest BCUT2D eigenvalue weighted by Gasteiger charge is -2.08. The highest BCUT2D eigenvalue weighted by Gasteiger charge is 2.06. The van der Waals surface area contributed by atoms with Gasteiger partial charge in [-0.2, -0.15) is 0 Å². The first-order valence-corrected chi connectivity index (χ1v) is 5.99. The molecule has 0 aliphatic rings. The van der Waals surface area contributed by atoms with E-state index in [1.165, 1.54) is 0 Å². The minimum Gasteiger partial charge on any atom is -0.447 e. The maximum absolute atomic E-state index is 10.8. The summed E-state index contributed by atoms with van der Waals surface area (Å²) in [7, 11) is -3.02. The molecule has 0 aromatic rings. The minimum absolute atomic E-state index is 0.0693. The second-order valence-electron chi connectivity index (χ2n) is 3.01. The van der Waals surface area contributed by atoms with E-state index in [9.17, 15) is 13.2 Å². The second kappa shape index (κ2) is 5.06. The zero-order valence-corrected chi connectivity index (χ0v) is 8.85. The fraction of sp³-hybridized carbons (Fsp3) is 0.857. The van der Waals surface area contributed by atoms with E-state index in [4.69, 9.17) is 4.74 Å². The highest BCUT2D eigenvalue weighted by atomic mass is 32.2. The molecule has 0 fully saturated rings. The van der Waals surface area contributed by atoms with Crippen molar-refractivity contribution in [1.82, 2.24) is 5.32 Å². The minimum atomic E-state index is -3.02. The molecule has 0 rings (SSSR count). The van der Waals surface area contributed by atoms with Crippen LogP contribution >= 0.6 is 0 Å². The Balaban J connectivity index is 3.61. The van der Waals surface area contributed by atoms with Gasteiger partial charge in [-0.05, 0) is 13.8 Å². The summed E-state index contributed by atoms with van der Waals surface area (Å²) in [6, 6.07) is 0. The monoisotopic (exact) mass is 209 g/mol. The summed E-state index contributed by atoms with van der Waals surface area (Å²) in [5.74, 6) is -0.0693. The van der Waals surface area contributed by atoms with Crippen molar-refractivity contribution < 1.29 is 17.9 Å². The Kier molecular flexibility index (Phi) is 4.76. The second-order valence-corrected chi connectivity index (χ2v) is 5.27. The van der Waals surface area contributed by atoms with E-state index in [1.807, 2.05) is 0 Å². The largest absolute Gasteiger partial charge is 0.447 e. The molecule has 13 heavy (non-hydrogen) atoms. The molecule has 6 heteroatoms. The van der Waals surface area contributed by atoms with Crippen LogP contribution in [0.15, 0.2) is 0 Å². The molecular weight excluding hydrogens is 194 g/mol. The molecule has 0 aromatic carbocycles. The van der Waals surface area contributed by atoms with Gasteiger partial charge in [-0.25, -0.2) is 13.2 Å². The average molecular weight is 209 g/mol. The lowest BCUT2D eigenvalue weighted by molar-refractivity contribution is 0.116. The van der Waals surface area contributed by atoms with Gasteiger partial charge in [0.2, 0.25) is 0 Å². The van der Waals surface area contributed by atoms with Crippen LogP contribution in [0.2, 0.25) is 0 Å². The molecule has 0 aliphatic heterocycles. The summed E-state index contributed by atoms with van der Waals surface area (Å²) in [4.78, 5) is 10.8. The molecule has 0 saturated heterocycles. The van der Waals surface area contributed by atoms with E-state index in [1.54, 1.807) is 13.8 Å². The maximum atomic E-state index is 10.8. The predicted octanol–water partition coefficient (Wildman–Crippen LogP) is 0.166. The van der Waals surface area contributed by atoms with Gasteiger partial charge >= 0.3 is 6.09 Å². The van der Waals surface area contributed by atoms with E-state index in [-0.39, 0.29) is 18.4 Å². The fourth-order valence-corrected chi connectivity index (χ4v) is 1.07. The molecule has 0 radical (unpaired) electrons. The zero-order valence-electron chi connectivity index (χ0n) is 8.03. The van der Waals surface area contributed by atoms with Crippen molar-refractivity contribution in [3.05, 3.63) is 0 Å². The number of alkyl carbamates (subject to hydrolysis) is 1. The number of carbonyl (C=O) groups excluding carboxylic acids is 1. The van der Waals surface area contributed by atoms with Crippen molar-refractivity contribution in [3.63, 3.8) is 0 Å². The molecular formula is C7H15NO4S. The Bertz CT molecular complexity index is 258. The third-order valence-electron chi connectivity index (χ3n) is 1.08. The number of hydrogen-bond acceptors (Lipinski definition) is 4. The van der Waals surface area contributed by atoms with Crippen LogP contribution in [0.4, 0.5) is 4.79 Å². The van der Waals surface area contributed by atoms with Gasteiger partial charge in [0.05, 0.1) is 11.9 Å². The number of hydrogen-bond donors (Lipinski definition) is 1. The van der Waals surface area contributed by atoms with Crippen LogP contribution in [0.1, 0.15) is 13.8 Å². The van der Waals surface area contributed by atoms with Crippen molar-refractivity contribution in [3.8, 4) is 0 Å². The molecule has 0 aliphatic carbocycles. The molecule has 0 aromatic heterocycles. The van der Waals surface area contributed by atoms with Crippen molar-refractivity contribution in [2.24, 2.45) is 0 Å². The number of sulfone groups is 1. The van der Waals surface area contributed by atoms with Gasteiger partial charge in [-0.15, -0.1) is 0 Å². The lowest BCUT2D eigenvalue weighted by atomic mass is 10.5. The molecule has 78 valence electrons. The van der Waals surface area contributed by atoms with Gasteiger partial charge in [-0.3, -0.25) is 0 Å². The fourth-order valence-electron chi connectivity index (χ4n) is 0.594. The molecule has 1 N–H and O–H groups in total. The van der Waals surface area contributed by atoms with E-state index in [2.05, 4.69) is 5.32 Å². The van der Waals surface area contributed by atoms with Gasteiger partial charge in [-0.1, -0.05) is 0 Å². The summed E-state index contributed by atoms with van der Waals surface area (Å²) in [6.07, 6.45) is 0.333. The quantitative estimate of drug-likeness (QED) is 0.716. The SMILES string of the molecule is CC(C)OC(=O)NCCS(C)(=O)=O. The average Bonchev–Trinajstić information content (AvgIpc) is 1.81. The third kappa shape index (κ3) is 9.13. The molecule has 1 amide bonds. The van der Waals surface area contributed by atoms with Crippen LogP contribution < -0.4 is 5.32 Å². The highest BCUT2D eigenvalue weighted by Crippen LogP contribution is 1.88. The van der Waals surface area contributed by atoms with Gasteiger partial charge < -0.3 is 10.1 Å². The maximum Gasteiger partial charge on any atom is 0.407 e. The number of nitrogens with one attached hydrogen (secondary N) is 1. The third-order valence-corrected chi connectivity index (χ3v) is 2.03. The van der Waals surface area contributed by atoms with Crippen molar-refractivity contribution >= 4 is 15.9 Å². The Hall–Kier alpha value is -0.780. The smallest absolute Gasteiger partial charge is 0.407 e. The van der Waals surface area contributed by atoms with Crippen LogP contribution in [0.25, 0.3) is 0 Å². The van der Waals surface area contributed by atoms with Crippen molar-refractivity contribution in [2.45, 2.75) is 20.0 Å². The Morgan fingerprint density at radius 3 is 2.38 bits per heavy atom. The number of ether oxygens (including phenoxy) is 1. The van der Waals surface area contributed by atoms with E-state index < -0.39 is 15.9 Å². The van der Waals surface area contributed by atoms with Crippen molar-refractivity contribution in [1.29, 1.82) is 0 Å². The van der Waals surface area contributed by atoms with Crippen LogP contribution in [0.3, 0.4) is 0 Å². The van der Waals surface area contributed by atoms with Gasteiger partial charge in [0.25, 0.3) is 0 Å². The van der Waals surface area contributed by atoms with Crippen molar-refractivity contribution in [2.75, 3.05) is 18.6 Å². The first-order valence-electron chi connectivity index (χ1n) is 3.93. The zero-order chi connectivity index (χ0) is 10.5. The molecule has 0 heterocycles. The standard InChI is InChI=1S/C7H15NO4S/c1-6(2)12-7(9)8-4-5-13(3,10)11/h6H,4-5H2,1-3H3,(H,8,9). The molecule has 0 saturated carbocycles. The molecule has 0 atom stereocenters. The summed E-state index contributed by atoms with van der Waals surface area (Å²) in [5, 5.41) is 2.33. The Labute approximate surface area is 78.4 Å². The first kappa shape index (κ1) is 12.2. The number of rotatable bonds is 4. The van der Waals surface area contributed by atoms with Gasteiger partial charge in [0, 0.05) is 12.8 Å². The van der Waals surface area contributed by atoms with E-state index in [0.29, 0.717) is 0 Å². The molecule has 0 unspecified atom stereocenters. The summed E-state index contributed by atoms with van der Waals surface area (Å²) < 4.78 is 26.0. The highest BCUT2D eigenvalue weighted by molar-refractivity contribution is 7.90. The Morgan fingerprint density at radius 1 is 1.46 bits per heavy atom. The van der Waals surface area contributed by atoms with Gasteiger partial charge in [0.1, 0.15) is 9.84 Å². The Morgan fingerprint density at radius 2 is 2.00 bits per heavy atom. The number of amides is 1. The molecule has 0 bridgehead atoms. The predicted molar refractivity (Wildman–Crippen MR) is 49.3 cm³/mol. The lowest BCUT2D eigenvalue weighted by Crippen LogP contribution is -2.30. The summed E-state index contributed by atoms with van der Waals surface area (Å²) in [6.45, 7) is 3.52. The van der Waals surface area contributed by atoms with Crippen LogP contribution in [0, 0.1) is 0 Å². The first-order chi connectivity index (χ1) is 5.81. The summed E-state index contributed by atoms with van der Waals surface area (Å²) >= 11 is 0. The normalized spacial score (nSPS) is 11.4. The number of carbonyl (C=O) groups is 1. The molecule has 5 nitrogen and oxygen atoms in total. The van der Waals surface area contributed by atoms with E-state index in [0.717, 1.165) is 6.26 Å². The van der Waals surface area contributed by atoms with Crippen LogP contribution in [-0.2, 0) is 14.6 Å². The van der Waals surface area contributed by atoms with Gasteiger partial charge in [0.15, 0.2) is 0 Å². The van der Waals surface area contributed by atoms with Crippen LogP contribution in [-0.4, -0.2) is 39.2 Å². The topological polar surface area (TPSA) is 72.5 Å². The van der Waals surface area contributed by atoms with Crippen LogP contribution in [0.5, 0.6) is 0 Å². The molecule has 0 spiro atoms.